The van der Waals surface area contributed by atoms with E-state index in [4.69, 9.17) is 30.8 Å². The van der Waals surface area contributed by atoms with Crippen molar-refractivity contribution in [2.45, 2.75) is 13.8 Å². The van der Waals surface area contributed by atoms with Crippen molar-refractivity contribution in [1.29, 1.82) is 0 Å². The van der Waals surface area contributed by atoms with E-state index in [1.54, 1.807) is 23.1 Å². The minimum Gasteiger partial charge on any atom is -0.493 e. The molecule has 3 rings (SSSR count). The van der Waals surface area contributed by atoms with Crippen LogP contribution >= 0.6 is 22.9 Å². The number of aromatic nitrogens is 1. The summed E-state index contributed by atoms with van der Waals surface area (Å²) < 4.78 is 17.2. The van der Waals surface area contributed by atoms with Gasteiger partial charge in [0.25, 0.3) is 5.91 Å². The molecule has 1 heterocycles. The van der Waals surface area contributed by atoms with Gasteiger partial charge in [0.05, 0.1) is 31.1 Å². The third-order valence-corrected chi connectivity index (χ3v) is 6.63. The molecule has 3 aromatic rings. The third-order valence-electron chi connectivity index (χ3n) is 5.28. The number of likely N-dealkylation sites (N-methyl/N-ethyl adjacent to an activating group) is 1. The molecule has 32 heavy (non-hydrogen) atoms. The number of fused-ring (bicyclic) bond motifs is 1. The fourth-order valence-electron chi connectivity index (χ4n) is 3.44. The lowest BCUT2D eigenvalue weighted by Crippen LogP contribution is -2.38. The van der Waals surface area contributed by atoms with Crippen molar-refractivity contribution in [3.8, 4) is 17.2 Å². The molecule has 0 bridgehead atoms. The third kappa shape index (κ3) is 4.92. The average molecular weight is 478 g/mol. The van der Waals surface area contributed by atoms with Gasteiger partial charge in [-0.05, 0) is 37.4 Å². The first kappa shape index (κ1) is 24.1. The van der Waals surface area contributed by atoms with Crippen LogP contribution in [0.15, 0.2) is 30.3 Å². The van der Waals surface area contributed by atoms with Gasteiger partial charge in [0, 0.05) is 18.7 Å². The lowest BCUT2D eigenvalue weighted by molar-refractivity contribution is 0.0983. The second-order valence-corrected chi connectivity index (χ2v) is 8.40. The van der Waals surface area contributed by atoms with Gasteiger partial charge in [0.2, 0.25) is 5.75 Å². The molecule has 7 nitrogen and oxygen atoms in total. The van der Waals surface area contributed by atoms with Gasteiger partial charge in [-0.15, -0.1) is 0 Å². The Balaban J connectivity index is 2.06. The maximum Gasteiger partial charge on any atom is 0.260 e. The standard InChI is InChI=1S/C23H28ClN3O4S/c1-6-26(7-2)11-12-27(23-25-20-16(24)9-8-10-19(20)32-23)22(28)15-13-17(29-3)21(31-5)18(14-15)30-4/h8-10,13-14H,6-7,11-12H2,1-5H3. The van der Waals surface area contributed by atoms with E-state index in [-0.39, 0.29) is 5.91 Å². The quantitative estimate of drug-likeness (QED) is 0.411. The molecular weight excluding hydrogens is 450 g/mol. The molecule has 0 aliphatic carbocycles. The van der Waals surface area contributed by atoms with Gasteiger partial charge in [-0.25, -0.2) is 4.98 Å². The van der Waals surface area contributed by atoms with E-state index < -0.39 is 0 Å². The van der Waals surface area contributed by atoms with Crippen LogP contribution in [0.1, 0.15) is 24.2 Å². The number of carbonyl (C=O) groups is 1. The molecule has 1 amide bonds. The Kier molecular flexibility index (Phi) is 8.17. The normalized spacial score (nSPS) is 11.1. The van der Waals surface area contributed by atoms with Gasteiger partial charge < -0.3 is 19.1 Å². The number of carbonyl (C=O) groups excluding carboxylic acids is 1. The van der Waals surface area contributed by atoms with Crippen molar-refractivity contribution in [2.75, 3.05) is 52.4 Å². The summed E-state index contributed by atoms with van der Waals surface area (Å²) in [6.07, 6.45) is 0. The Labute approximate surface area is 197 Å². The number of rotatable bonds is 10. The highest BCUT2D eigenvalue weighted by Gasteiger charge is 2.25. The largest absolute Gasteiger partial charge is 0.493 e. The van der Waals surface area contributed by atoms with Crippen LogP contribution in [-0.4, -0.2) is 63.3 Å². The summed E-state index contributed by atoms with van der Waals surface area (Å²) in [6.45, 7) is 7.20. The van der Waals surface area contributed by atoms with E-state index in [2.05, 4.69) is 18.7 Å². The molecule has 0 N–H and O–H groups in total. The summed E-state index contributed by atoms with van der Waals surface area (Å²) in [5.41, 5.74) is 1.11. The zero-order valence-electron chi connectivity index (χ0n) is 19.0. The molecule has 2 aromatic carbocycles. The highest BCUT2D eigenvalue weighted by atomic mass is 35.5. The Morgan fingerprint density at radius 3 is 2.22 bits per heavy atom. The summed E-state index contributed by atoms with van der Waals surface area (Å²) in [4.78, 5) is 22.4. The highest BCUT2D eigenvalue weighted by molar-refractivity contribution is 7.22. The predicted molar refractivity (Wildman–Crippen MR) is 130 cm³/mol. The van der Waals surface area contributed by atoms with Crippen molar-refractivity contribution in [3.63, 3.8) is 0 Å². The molecule has 1 aromatic heterocycles. The molecule has 0 saturated heterocycles. The van der Waals surface area contributed by atoms with Crippen molar-refractivity contribution in [3.05, 3.63) is 40.9 Å². The first-order valence-corrected chi connectivity index (χ1v) is 11.6. The number of hydrogen-bond donors (Lipinski definition) is 0. The lowest BCUT2D eigenvalue weighted by Gasteiger charge is -2.25. The maximum atomic E-state index is 13.7. The molecule has 9 heteroatoms. The number of para-hydroxylation sites is 1. The lowest BCUT2D eigenvalue weighted by atomic mass is 10.1. The second-order valence-electron chi connectivity index (χ2n) is 6.98. The zero-order chi connectivity index (χ0) is 23.3. The first-order chi connectivity index (χ1) is 15.5. The van der Waals surface area contributed by atoms with Gasteiger partial charge in [0.1, 0.15) is 5.52 Å². The number of halogens is 1. The smallest absolute Gasteiger partial charge is 0.260 e. The highest BCUT2D eigenvalue weighted by Crippen LogP contribution is 2.39. The minimum absolute atomic E-state index is 0.202. The number of nitrogens with zero attached hydrogens (tertiary/aromatic N) is 3. The van der Waals surface area contributed by atoms with Gasteiger partial charge in [-0.2, -0.15) is 0 Å². The first-order valence-electron chi connectivity index (χ1n) is 10.4. The molecule has 0 unspecified atom stereocenters. The van der Waals surface area contributed by atoms with E-state index in [1.165, 1.54) is 32.7 Å². The minimum atomic E-state index is -0.202. The van der Waals surface area contributed by atoms with E-state index in [0.29, 0.717) is 51.6 Å². The number of hydrogen-bond acceptors (Lipinski definition) is 7. The fourth-order valence-corrected chi connectivity index (χ4v) is 4.73. The van der Waals surface area contributed by atoms with Gasteiger partial charge in [-0.3, -0.25) is 9.69 Å². The topological polar surface area (TPSA) is 64.1 Å². The summed E-state index contributed by atoms with van der Waals surface area (Å²) in [5, 5.41) is 1.16. The molecule has 0 radical (unpaired) electrons. The Bertz CT molecular complexity index is 1060. The number of anilines is 1. The number of ether oxygens (including phenoxy) is 3. The summed E-state index contributed by atoms with van der Waals surface area (Å²) in [5.74, 6) is 1.08. The molecule has 0 aliphatic rings. The van der Waals surface area contributed by atoms with E-state index >= 15 is 0 Å². The van der Waals surface area contributed by atoms with Crippen LogP contribution in [0.2, 0.25) is 5.02 Å². The van der Waals surface area contributed by atoms with Crippen molar-refractivity contribution < 1.29 is 19.0 Å². The monoisotopic (exact) mass is 477 g/mol. The number of methoxy groups -OCH3 is 3. The van der Waals surface area contributed by atoms with E-state index in [9.17, 15) is 4.79 Å². The summed E-state index contributed by atoms with van der Waals surface area (Å²) in [7, 11) is 4.58. The van der Waals surface area contributed by atoms with Crippen LogP contribution in [0.5, 0.6) is 17.2 Å². The molecule has 0 spiro atoms. The van der Waals surface area contributed by atoms with E-state index in [1.807, 2.05) is 12.1 Å². The second kappa shape index (κ2) is 10.8. The zero-order valence-corrected chi connectivity index (χ0v) is 20.5. The molecule has 0 fully saturated rings. The van der Waals surface area contributed by atoms with Gasteiger partial charge in [-0.1, -0.05) is 42.9 Å². The molecular formula is C23H28ClN3O4S. The Morgan fingerprint density at radius 2 is 1.69 bits per heavy atom. The SMILES string of the molecule is CCN(CC)CCN(C(=O)c1cc(OC)c(OC)c(OC)c1)c1nc2c(Cl)cccc2s1. The number of benzene rings is 2. The Morgan fingerprint density at radius 1 is 1.03 bits per heavy atom. The maximum absolute atomic E-state index is 13.7. The summed E-state index contributed by atoms with van der Waals surface area (Å²) >= 11 is 7.78. The van der Waals surface area contributed by atoms with E-state index in [0.717, 1.165) is 17.8 Å². The average Bonchev–Trinajstić information content (AvgIpc) is 3.25. The number of amides is 1. The molecule has 172 valence electrons. The Hall–Kier alpha value is -2.55. The van der Waals surface area contributed by atoms with Gasteiger partial charge in [0.15, 0.2) is 16.6 Å². The number of thiazole rings is 1. The van der Waals surface area contributed by atoms with Crippen LogP contribution in [0, 0.1) is 0 Å². The molecule has 0 atom stereocenters. The summed E-state index contributed by atoms with van der Waals surface area (Å²) in [6, 6.07) is 8.96. The van der Waals surface area contributed by atoms with Crippen LogP contribution in [0.4, 0.5) is 5.13 Å². The van der Waals surface area contributed by atoms with Gasteiger partial charge >= 0.3 is 0 Å². The van der Waals surface area contributed by atoms with Crippen molar-refractivity contribution >= 4 is 44.2 Å². The van der Waals surface area contributed by atoms with Crippen LogP contribution in [0.3, 0.4) is 0 Å². The van der Waals surface area contributed by atoms with Crippen LogP contribution < -0.4 is 19.1 Å². The predicted octanol–water partition coefficient (Wildman–Crippen LogP) is 4.96. The van der Waals surface area contributed by atoms with Crippen molar-refractivity contribution in [1.82, 2.24) is 9.88 Å². The van der Waals surface area contributed by atoms with Crippen molar-refractivity contribution in [2.24, 2.45) is 0 Å². The molecule has 0 aliphatic heterocycles. The van der Waals surface area contributed by atoms with Crippen LogP contribution in [-0.2, 0) is 0 Å². The molecule has 0 saturated carbocycles. The van der Waals surface area contributed by atoms with Crippen LogP contribution in [0.25, 0.3) is 10.2 Å². The fraction of sp³-hybridized carbons (Fsp3) is 0.391.